The summed E-state index contributed by atoms with van der Waals surface area (Å²) in [5.74, 6) is -1.43. The van der Waals surface area contributed by atoms with Gasteiger partial charge in [0.15, 0.2) is 5.76 Å². The molecule has 2 N–H and O–H groups in total. The lowest BCUT2D eigenvalue weighted by Gasteiger charge is -2.30. The van der Waals surface area contributed by atoms with Crippen LogP contribution in [0.15, 0.2) is 42.2 Å². The van der Waals surface area contributed by atoms with Gasteiger partial charge in [-0.15, -0.1) is 0 Å². The molecule has 1 amide bonds. The first-order valence-electron chi connectivity index (χ1n) is 4.98. The van der Waals surface area contributed by atoms with E-state index in [1.54, 1.807) is 30.3 Å². The van der Waals surface area contributed by atoms with Gasteiger partial charge in [0.1, 0.15) is 0 Å². The topological polar surface area (TPSA) is 75.6 Å². The maximum atomic E-state index is 12.0. The van der Waals surface area contributed by atoms with Crippen molar-refractivity contribution >= 4 is 11.7 Å². The number of carbonyl (C=O) groups excluding carboxylic acids is 2. The molecule has 1 aromatic rings. The molecule has 2 rings (SSSR count). The summed E-state index contributed by atoms with van der Waals surface area (Å²) in [5.41, 5.74) is -1.76. The third-order valence-corrected chi connectivity index (χ3v) is 2.53. The summed E-state index contributed by atoms with van der Waals surface area (Å²) in [4.78, 5) is 23.4. The van der Waals surface area contributed by atoms with Crippen molar-refractivity contribution in [2.75, 3.05) is 7.11 Å². The van der Waals surface area contributed by atoms with Crippen molar-refractivity contribution in [3.8, 4) is 0 Å². The van der Waals surface area contributed by atoms with E-state index in [4.69, 9.17) is 4.74 Å². The summed E-state index contributed by atoms with van der Waals surface area (Å²) in [5, 5.41) is 12.5. The number of aliphatic hydroxyl groups is 1. The maximum absolute atomic E-state index is 12.0. The predicted molar refractivity (Wildman–Crippen MR) is 58.6 cm³/mol. The van der Waals surface area contributed by atoms with Gasteiger partial charge < -0.3 is 15.2 Å². The van der Waals surface area contributed by atoms with Crippen LogP contribution in [0, 0.1) is 0 Å². The maximum Gasteiger partial charge on any atom is 0.254 e. The molecular formula is C12H11NO4. The summed E-state index contributed by atoms with van der Waals surface area (Å²) >= 11 is 0. The van der Waals surface area contributed by atoms with Crippen LogP contribution in [0.5, 0.6) is 0 Å². The van der Waals surface area contributed by atoms with Crippen LogP contribution in [-0.4, -0.2) is 23.9 Å². The average molecular weight is 233 g/mol. The minimum Gasteiger partial charge on any atom is -0.493 e. The van der Waals surface area contributed by atoms with Gasteiger partial charge in [0.2, 0.25) is 5.72 Å². The van der Waals surface area contributed by atoms with Crippen molar-refractivity contribution in [2.45, 2.75) is 5.72 Å². The van der Waals surface area contributed by atoms with E-state index in [2.05, 4.69) is 5.32 Å². The lowest BCUT2D eigenvalue weighted by atomic mass is 9.94. The van der Waals surface area contributed by atoms with E-state index in [9.17, 15) is 14.7 Å². The lowest BCUT2D eigenvalue weighted by Crippen LogP contribution is -2.55. The molecule has 0 saturated heterocycles. The number of methoxy groups -OCH3 is 1. The third kappa shape index (κ3) is 1.81. The Hall–Kier alpha value is -2.14. The molecule has 17 heavy (non-hydrogen) atoms. The molecule has 1 unspecified atom stereocenters. The molecule has 5 heteroatoms. The fourth-order valence-corrected chi connectivity index (χ4v) is 1.67. The first-order valence-corrected chi connectivity index (χ1v) is 4.98. The molecule has 1 aliphatic heterocycles. The molecule has 0 aromatic heterocycles. The van der Waals surface area contributed by atoms with E-state index in [1.165, 1.54) is 7.11 Å². The van der Waals surface area contributed by atoms with Crippen LogP contribution in [0.3, 0.4) is 0 Å². The SMILES string of the molecule is COC1=CC(=O)NC(O)(c2ccccc2)C1=O. The summed E-state index contributed by atoms with van der Waals surface area (Å²) in [6, 6.07) is 8.18. The number of ether oxygens (including phenoxy) is 1. The average Bonchev–Trinajstić information content (AvgIpc) is 2.35. The number of carbonyl (C=O) groups is 2. The predicted octanol–water partition coefficient (Wildman–Crippen LogP) is 0.0609. The van der Waals surface area contributed by atoms with E-state index in [1.807, 2.05) is 0 Å². The van der Waals surface area contributed by atoms with E-state index in [0.717, 1.165) is 6.08 Å². The lowest BCUT2D eigenvalue weighted by molar-refractivity contribution is -0.149. The van der Waals surface area contributed by atoms with Gasteiger partial charge in [-0.2, -0.15) is 0 Å². The molecule has 0 spiro atoms. The first kappa shape index (κ1) is 11.3. The number of hydrogen-bond acceptors (Lipinski definition) is 4. The van der Waals surface area contributed by atoms with Crippen LogP contribution in [0.25, 0.3) is 0 Å². The molecule has 0 saturated carbocycles. The van der Waals surface area contributed by atoms with E-state index >= 15 is 0 Å². The van der Waals surface area contributed by atoms with Crippen molar-refractivity contribution in [1.29, 1.82) is 0 Å². The zero-order chi connectivity index (χ0) is 12.5. The largest absolute Gasteiger partial charge is 0.493 e. The Morgan fingerprint density at radius 3 is 2.47 bits per heavy atom. The minimum absolute atomic E-state index is 0.167. The summed E-state index contributed by atoms with van der Waals surface area (Å²) < 4.78 is 4.78. The highest BCUT2D eigenvalue weighted by Gasteiger charge is 2.44. The molecule has 1 heterocycles. The smallest absolute Gasteiger partial charge is 0.254 e. The van der Waals surface area contributed by atoms with Crippen LogP contribution in [0.1, 0.15) is 5.56 Å². The Bertz CT molecular complexity index is 494. The number of Topliss-reactive ketones (excluding diaryl/α,β-unsaturated/α-hetero) is 1. The fourth-order valence-electron chi connectivity index (χ4n) is 1.67. The Balaban J connectivity index is 2.49. The molecule has 0 bridgehead atoms. The third-order valence-electron chi connectivity index (χ3n) is 2.53. The zero-order valence-electron chi connectivity index (χ0n) is 9.14. The van der Waals surface area contributed by atoms with Crippen molar-refractivity contribution in [3.63, 3.8) is 0 Å². The van der Waals surface area contributed by atoms with E-state index in [0.29, 0.717) is 5.56 Å². The normalized spacial score (nSPS) is 24.0. The molecule has 88 valence electrons. The van der Waals surface area contributed by atoms with Crippen LogP contribution >= 0.6 is 0 Å². The number of benzene rings is 1. The Kier molecular flexibility index (Phi) is 2.69. The molecule has 0 aliphatic carbocycles. The van der Waals surface area contributed by atoms with Crippen LogP contribution < -0.4 is 5.32 Å². The van der Waals surface area contributed by atoms with Gasteiger partial charge in [0.25, 0.3) is 11.7 Å². The second-order valence-corrected chi connectivity index (χ2v) is 3.61. The summed E-state index contributed by atoms with van der Waals surface area (Å²) in [6.07, 6.45) is 1.01. The van der Waals surface area contributed by atoms with E-state index in [-0.39, 0.29) is 5.76 Å². The first-order chi connectivity index (χ1) is 8.08. The van der Waals surface area contributed by atoms with Crippen molar-refractivity contribution < 1.29 is 19.4 Å². The second-order valence-electron chi connectivity index (χ2n) is 3.61. The fraction of sp³-hybridized carbons (Fsp3) is 0.167. The van der Waals surface area contributed by atoms with Crippen LogP contribution in [0.2, 0.25) is 0 Å². The highest BCUT2D eigenvalue weighted by Crippen LogP contribution is 2.25. The van der Waals surface area contributed by atoms with E-state index < -0.39 is 17.4 Å². The van der Waals surface area contributed by atoms with Crippen molar-refractivity contribution in [2.24, 2.45) is 0 Å². The number of ketones is 1. The summed E-state index contributed by atoms with van der Waals surface area (Å²) in [6.45, 7) is 0. The number of rotatable bonds is 2. The summed E-state index contributed by atoms with van der Waals surface area (Å²) in [7, 11) is 1.27. The van der Waals surface area contributed by atoms with Crippen LogP contribution in [0.4, 0.5) is 0 Å². The van der Waals surface area contributed by atoms with Gasteiger partial charge in [0, 0.05) is 11.6 Å². The molecule has 1 aliphatic rings. The molecule has 5 nitrogen and oxygen atoms in total. The standard InChI is InChI=1S/C12H11NO4/c1-17-9-7-10(14)13-12(16,11(9)15)8-5-3-2-4-6-8/h2-7,16H,1H3,(H,13,14). The number of hydrogen-bond donors (Lipinski definition) is 2. The Labute approximate surface area is 97.7 Å². The molecular weight excluding hydrogens is 222 g/mol. The zero-order valence-corrected chi connectivity index (χ0v) is 9.14. The van der Waals surface area contributed by atoms with Crippen molar-refractivity contribution in [1.82, 2.24) is 5.32 Å². The molecule has 1 atom stereocenters. The monoisotopic (exact) mass is 233 g/mol. The molecule has 0 radical (unpaired) electrons. The Morgan fingerprint density at radius 2 is 1.88 bits per heavy atom. The number of nitrogens with one attached hydrogen (secondary N) is 1. The van der Waals surface area contributed by atoms with Gasteiger partial charge in [-0.3, -0.25) is 9.59 Å². The van der Waals surface area contributed by atoms with Gasteiger partial charge in [-0.05, 0) is 0 Å². The second kappa shape index (κ2) is 4.03. The number of amides is 1. The van der Waals surface area contributed by atoms with Gasteiger partial charge in [0.05, 0.1) is 7.11 Å². The Morgan fingerprint density at radius 1 is 1.24 bits per heavy atom. The highest BCUT2D eigenvalue weighted by atomic mass is 16.5. The van der Waals surface area contributed by atoms with Gasteiger partial charge in [-0.1, -0.05) is 30.3 Å². The minimum atomic E-state index is -2.06. The molecule has 1 aromatic carbocycles. The molecule has 0 fully saturated rings. The van der Waals surface area contributed by atoms with Gasteiger partial charge >= 0.3 is 0 Å². The highest BCUT2D eigenvalue weighted by molar-refractivity contribution is 6.10. The van der Waals surface area contributed by atoms with Crippen molar-refractivity contribution in [3.05, 3.63) is 47.7 Å². The van der Waals surface area contributed by atoms with Crippen LogP contribution in [-0.2, 0) is 20.1 Å². The van der Waals surface area contributed by atoms with Gasteiger partial charge in [-0.25, -0.2) is 0 Å². The quantitative estimate of drug-likeness (QED) is 0.757.